The number of carbonyl (C=O) groups excluding carboxylic acids is 2. The van der Waals surface area contributed by atoms with E-state index in [1.54, 1.807) is 37.3 Å². The van der Waals surface area contributed by atoms with Gasteiger partial charge in [-0.15, -0.1) is 0 Å². The lowest BCUT2D eigenvalue weighted by atomic mass is 9.94. The molecule has 34 heavy (non-hydrogen) atoms. The van der Waals surface area contributed by atoms with Gasteiger partial charge in [0.05, 0.1) is 24.3 Å². The summed E-state index contributed by atoms with van der Waals surface area (Å²) in [7, 11) is 0. The first-order valence-corrected chi connectivity index (χ1v) is 11.7. The van der Waals surface area contributed by atoms with Crippen molar-refractivity contribution in [1.29, 1.82) is 0 Å². The number of phenolic OH excluding ortho intramolecular Hbond substituents is 1. The van der Waals surface area contributed by atoms with Crippen molar-refractivity contribution in [3.05, 3.63) is 63.0 Å². The molecule has 0 spiro atoms. The molecule has 7 heteroatoms. The topological polar surface area (TPSA) is 97.0 Å². The number of rotatable bonds is 8. The molecule has 7 nitrogen and oxygen atoms in total. The number of ketones is 1. The smallest absolute Gasteiger partial charge is 0.344 e. The van der Waals surface area contributed by atoms with Crippen LogP contribution in [0.4, 0.5) is 0 Å². The number of Topliss-reactive ketones (excluding diaryl/α,β-unsaturated/α-hetero) is 1. The molecule has 2 aromatic carbocycles. The maximum atomic E-state index is 12.9. The highest BCUT2D eigenvalue weighted by atomic mass is 16.5. The van der Waals surface area contributed by atoms with E-state index in [2.05, 4.69) is 4.90 Å². The molecular formula is C27H29NO6. The molecular weight excluding hydrogens is 434 g/mol. The summed E-state index contributed by atoms with van der Waals surface area (Å²) in [6.45, 7) is 7.85. The minimum absolute atomic E-state index is 0.0147. The van der Waals surface area contributed by atoms with E-state index in [0.717, 1.165) is 39.3 Å². The molecule has 1 aromatic heterocycles. The zero-order valence-corrected chi connectivity index (χ0v) is 19.6. The highest BCUT2D eigenvalue weighted by Gasteiger charge is 2.20. The van der Waals surface area contributed by atoms with Crippen LogP contribution in [0.3, 0.4) is 0 Å². The maximum absolute atomic E-state index is 12.9. The SMILES string of the molecule is CCc1cc2c(C)c(-c3ccc(C(=O)CCCN4CCOCC4)cc3)c(=O)oc2c(C=O)c1O. The second-order valence-electron chi connectivity index (χ2n) is 8.59. The fourth-order valence-electron chi connectivity index (χ4n) is 4.52. The van der Waals surface area contributed by atoms with E-state index in [4.69, 9.17) is 9.15 Å². The zero-order chi connectivity index (χ0) is 24.2. The van der Waals surface area contributed by atoms with Gasteiger partial charge in [0.25, 0.3) is 0 Å². The normalized spacial score (nSPS) is 14.4. The fraction of sp³-hybridized carbons (Fsp3) is 0.370. The molecule has 1 aliphatic heterocycles. The van der Waals surface area contributed by atoms with Crippen molar-refractivity contribution in [2.45, 2.75) is 33.1 Å². The quantitative estimate of drug-likeness (QED) is 0.305. The van der Waals surface area contributed by atoms with Crippen LogP contribution in [-0.4, -0.2) is 54.9 Å². The summed E-state index contributed by atoms with van der Waals surface area (Å²) < 4.78 is 10.8. The third-order valence-corrected chi connectivity index (χ3v) is 6.52. The standard InChI is InChI=1S/C27H29NO6/c1-3-18-15-21-17(2)24(27(32)34-26(21)22(16-29)25(18)31)20-8-6-19(7-9-20)23(30)5-4-10-28-11-13-33-14-12-28/h6-9,15-16,31H,3-5,10-14H2,1-2H3. The van der Waals surface area contributed by atoms with Gasteiger partial charge in [0.15, 0.2) is 17.7 Å². The Balaban J connectivity index is 1.58. The number of carbonyl (C=O) groups is 2. The van der Waals surface area contributed by atoms with Crippen molar-refractivity contribution in [1.82, 2.24) is 4.90 Å². The van der Waals surface area contributed by atoms with Crippen molar-refractivity contribution in [2.75, 3.05) is 32.8 Å². The Labute approximate surface area is 198 Å². The molecule has 1 fully saturated rings. The predicted octanol–water partition coefficient (Wildman–Crippen LogP) is 4.14. The van der Waals surface area contributed by atoms with Gasteiger partial charge in [-0.25, -0.2) is 4.79 Å². The van der Waals surface area contributed by atoms with Crippen LogP contribution >= 0.6 is 0 Å². The molecule has 0 aliphatic carbocycles. The molecule has 4 rings (SSSR count). The number of fused-ring (bicyclic) bond motifs is 1. The number of morpholine rings is 1. The van der Waals surface area contributed by atoms with Crippen LogP contribution in [0.15, 0.2) is 39.5 Å². The summed E-state index contributed by atoms with van der Waals surface area (Å²) in [4.78, 5) is 39.4. The van der Waals surface area contributed by atoms with Gasteiger partial charge in [-0.2, -0.15) is 0 Å². The summed E-state index contributed by atoms with van der Waals surface area (Å²) in [5.41, 5.74) is 2.36. The third kappa shape index (κ3) is 4.67. The maximum Gasteiger partial charge on any atom is 0.344 e. The first kappa shape index (κ1) is 23.9. The second kappa shape index (κ2) is 10.3. The first-order chi connectivity index (χ1) is 16.4. The van der Waals surface area contributed by atoms with E-state index < -0.39 is 5.63 Å². The van der Waals surface area contributed by atoms with Gasteiger partial charge < -0.3 is 14.3 Å². The molecule has 0 bridgehead atoms. The van der Waals surface area contributed by atoms with Crippen LogP contribution in [-0.2, 0) is 11.2 Å². The largest absolute Gasteiger partial charge is 0.507 e. The van der Waals surface area contributed by atoms with Gasteiger partial charge in [0, 0.05) is 30.5 Å². The van der Waals surface area contributed by atoms with Crippen LogP contribution in [0.25, 0.3) is 22.1 Å². The molecule has 0 saturated carbocycles. The average molecular weight is 464 g/mol. The summed E-state index contributed by atoms with van der Waals surface area (Å²) in [6.07, 6.45) is 2.29. The Kier molecular flexibility index (Phi) is 7.24. The highest BCUT2D eigenvalue weighted by Crippen LogP contribution is 2.34. The number of hydrogen-bond donors (Lipinski definition) is 1. The number of aldehydes is 1. The van der Waals surface area contributed by atoms with Gasteiger partial charge in [-0.05, 0) is 49.1 Å². The van der Waals surface area contributed by atoms with Gasteiger partial charge >= 0.3 is 5.63 Å². The van der Waals surface area contributed by atoms with Crippen LogP contribution in [0.1, 0.15) is 51.6 Å². The Morgan fingerprint density at radius 3 is 2.53 bits per heavy atom. The van der Waals surface area contributed by atoms with Crippen LogP contribution in [0.5, 0.6) is 5.75 Å². The highest BCUT2D eigenvalue weighted by molar-refractivity contribution is 6.01. The molecule has 0 radical (unpaired) electrons. The second-order valence-corrected chi connectivity index (χ2v) is 8.59. The van der Waals surface area contributed by atoms with E-state index in [9.17, 15) is 19.5 Å². The minimum atomic E-state index is -0.596. The number of aromatic hydroxyl groups is 1. The molecule has 0 atom stereocenters. The minimum Gasteiger partial charge on any atom is -0.507 e. The van der Waals surface area contributed by atoms with E-state index in [1.807, 2.05) is 6.92 Å². The van der Waals surface area contributed by atoms with Gasteiger partial charge in [0.1, 0.15) is 5.75 Å². The van der Waals surface area contributed by atoms with E-state index in [-0.39, 0.29) is 22.7 Å². The lowest BCUT2D eigenvalue weighted by molar-refractivity contribution is 0.0371. The lowest BCUT2D eigenvalue weighted by Gasteiger charge is -2.26. The van der Waals surface area contributed by atoms with Crippen molar-refractivity contribution < 1.29 is 23.8 Å². The number of hydrogen-bond acceptors (Lipinski definition) is 7. The average Bonchev–Trinajstić information content (AvgIpc) is 2.85. The molecule has 0 amide bonds. The molecule has 2 heterocycles. The first-order valence-electron chi connectivity index (χ1n) is 11.7. The van der Waals surface area contributed by atoms with Crippen molar-refractivity contribution in [3.8, 4) is 16.9 Å². The number of phenols is 1. The summed E-state index contributed by atoms with van der Waals surface area (Å²) in [5, 5.41) is 10.9. The summed E-state index contributed by atoms with van der Waals surface area (Å²) >= 11 is 0. The Bertz CT molecular complexity index is 1270. The number of aryl methyl sites for hydroxylation is 2. The molecule has 0 unspecified atom stereocenters. The van der Waals surface area contributed by atoms with Crippen LogP contribution in [0, 0.1) is 6.92 Å². The Morgan fingerprint density at radius 1 is 1.18 bits per heavy atom. The molecule has 1 saturated heterocycles. The van der Waals surface area contributed by atoms with Crippen molar-refractivity contribution in [2.24, 2.45) is 0 Å². The van der Waals surface area contributed by atoms with Gasteiger partial charge in [-0.1, -0.05) is 31.2 Å². The van der Waals surface area contributed by atoms with Crippen LogP contribution < -0.4 is 5.63 Å². The lowest BCUT2D eigenvalue weighted by Crippen LogP contribution is -2.36. The van der Waals surface area contributed by atoms with Gasteiger partial charge in [-0.3, -0.25) is 14.5 Å². The predicted molar refractivity (Wildman–Crippen MR) is 130 cm³/mol. The zero-order valence-electron chi connectivity index (χ0n) is 19.6. The number of ether oxygens (including phenoxy) is 1. The number of benzene rings is 2. The summed E-state index contributed by atoms with van der Waals surface area (Å²) in [6, 6.07) is 8.73. The van der Waals surface area contributed by atoms with Crippen molar-refractivity contribution in [3.63, 3.8) is 0 Å². The van der Waals surface area contributed by atoms with E-state index in [1.165, 1.54) is 0 Å². The van der Waals surface area contributed by atoms with Gasteiger partial charge in [0.2, 0.25) is 0 Å². The monoisotopic (exact) mass is 463 g/mol. The van der Waals surface area contributed by atoms with E-state index in [0.29, 0.717) is 52.3 Å². The molecule has 1 aliphatic rings. The Hall–Kier alpha value is -3.29. The van der Waals surface area contributed by atoms with E-state index >= 15 is 0 Å². The Morgan fingerprint density at radius 2 is 1.88 bits per heavy atom. The van der Waals surface area contributed by atoms with Crippen LogP contribution in [0.2, 0.25) is 0 Å². The third-order valence-electron chi connectivity index (χ3n) is 6.52. The fourth-order valence-corrected chi connectivity index (χ4v) is 4.52. The molecule has 3 aromatic rings. The van der Waals surface area contributed by atoms with Crippen molar-refractivity contribution >= 4 is 23.0 Å². The molecule has 178 valence electrons. The summed E-state index contributed by atoms with van der Waals surface area (Å²) in [5.74, 6) is -0.0856. The molecule has 1 N–H and O–H groups in total. The number of nitrogens with zero attached hydrogens (tertiary/aromatic N) is 1.